The molecular formula is C13H20BF4NO2. The molecule has 0 heterocycles. The lowest BCUT2D eigenvalue weighted by molar-refractivity contribution is -0.870. The van der Waals surface area contributed by atoms with Gasteiger partial charge in [-0.05, 0) is 24.3 Å². The number of ether oxygens (including phenoxy) is 1. The second kappa shape index (κ2) is 8.66. The summed E-state index contributed by atoms with van der Waals surface area (Å²) in [4.78, 5) is 10.4. The Morgan fingerprint density at radius 3 is 1.95 bits per heavy atom. The Bertz CT molecular complexity index is 410. The van der Waals surface area contributed by atoms with Gasteiger partial charge in [0.15, 0.2) is 0 Å². The van der Waals surface area contributed by atoms with Gasteiger partial charge in [-0.3, -0.25) is 4.79 Å². The Kier molecular flexibility index (Phi) is 8.02. The molecule has 3 nitrogen and oxygen atoms in total. The highest BCUT2D eigenvalue weighted by atomic mass is 19.5. The summed E-state index contributed by atoms with van der Waals surface area (Å²) in [5, 5.41) is 0. The van der Waals surface area contributed by atoms with Crippen LogP contribution >= 0.6 is 0 Å². The van der Waals surface area contributed by atoms with Crippen molar-refractivity contribution in [3.05, 3.63) is 29.8 Å². The molecule has 0 atom stereocenters. The molecule has 0 aliphatic rings. The van der Waals surface area contributed by atoms with Crippen molar-refractivity contribution in [3.63, 3.8) is 0 Å². The number of rotatable bonds is 6. The summed E-state index contributed by atoms with van der Waals surface area (Å²) in [5.41, 5.74) is 0.679. The molecule has 0 aliphatic carbocycles. The Balaban J connectivity index is 0.000000690. The van der Waals surface area contributed by atoms with Crippen molar-refractivity contribution in [1.82, 2.24) is 0 Å². The number of nitrogens with zero attached hydrogens (tertiary/aromatic N) is 1. The number of carbonyl (C=O) groups is 1. The average molecular weight is 309 g/mol. The van der Waals surface area contributed by atoms with Crippen LogP contribution in [0.4, 0.5) is 17.3 Å². The fourth-order valence-corrected chi connectivity index (χ4v) is 1.37. The van der Waals surface area contributed by atoms with Gasteiger partial charge < -0.3 is 26.5 Å². The lowest BCUT2D eigenvalue weighted by Gasteiger charge is -2.23. The minimum absolute atomic E-state index is 0.679. The molecule has 0 radical (unpaired) electrons. The molecule has 0 bridgehead atoms. The third-order valence-electron chi connectivity index (χ3n) is 2.26. The van der Waals surface area contributed by atoms with E-state index in [2.05, 4.69) is 21.1 Å². The van der Waals surface area contributed by atoms with E-state index in [-0.39, 0.29) is 0 Å². The van der Waals surface area contributed by atoms with Crippen molar-refractivity contribution in [2.24, 2.45) is 0 Å². The van der Waals surface area contributed by atoms with Crippen molar-refractivity contribution >= 4 is 13.5 Å². The fraction of sp³-hybridized carbons (Fsp3) is 0.462. The highest BCUT2D eigenvalue weighted by molar-refractivity contribution is 6.50. The van der Waals surface area contributed by atoms with E-state index < -0.39 is 7.25 Å². The summed E-state index contributed by atoms with van der Waals surface area (Å²) in [6.45, 7) is 1.81. The minimum atomic E-state index is -6.00. The van der Waals surface area contributed by atoms with Crippen LogP contribution in [0.15, 0.2) is 24.3 Å². The minimum Gasteiger partial charge on any atom is -0.493 e. The van der Waals surface area contributed by atoms with E-state index in [1.807, 2.05) is 12.1 Å². The number of benzene rings is 1. The van der Waals surface area contributed by atoms with E-state index in [0.717, 1.165) is 36.1 Å². The Morgan fingerprint density at radius 1 is 1.10 bits per heavy atom. The van der Waals surface area contributed by atoms with Crippen molar-refractivity contribution in [2.75, 3.05) is 34.3 Å². The molecule has 21 heavy (non-hydrogen) atoms. The monoisotopic (exact) mass is 309 g/mol. The smallest absolute Gasteiger partial charge is 0.493 e. The molecule has 0 saturated heterocycles. The molecule has 0 spiro atoms. The molecular weight excluding hydrogens is 289 g/mol. The van der Waals surface area contributed by atoms with E-state index in [0.29, 0.717) is 5.56 Å². The summed E-state index contributed by atoms with van der Waals surface area (Å²) < 4.78 is 45.5. The molecule has 120 valence electrons. The molecule has 0 aliphatic heterocycles. The van der Waals surface area contributed by atoms with Crippen LogP contribution in [-0.2, 0) is 0 Å². The highest BCUT2D eigenvalue weighted by Gasteiger charge is 2.20. The number of carbonyl (C=O) groups excluding carboxylic acids is 1. The van der Waals surface area contributed by atoms with Crippen LogP contribution in [0.2, 0.25) is 0 Å². The van der Waals surface area contributed by atoms with E-state index in [1.54, 1.807) is 12.1 Å². The molecule has 0 saturated carbocycles. The van der Waals surface area contributed by atoms with Crippen LogP contribution in [0.3, 0.4) is 0 Å². The second-order valence-corrected chi connectivity index (χ2v) is 5.40. The third kappa shape index (κ3) is 14.7. The predicted molar refractivity (Wildman–Crippen MR) is 75.0 cm³/mol. The van der Waals surface area contributed by atoms with E-state index in [9.17, 15) is 22.1 Å². The van der Waals surface area contributed by atoms with Gasteiger partial charge in [-0.15, -0.1) is 0 Å². The quantitative estimate of drug-likeness (QED) is 0.265. The van der Waals surface area contributed by atoms with Crippen LogP contribution in [0.1, 0.15) is 16.8 Å². The topological polar surface area (TPSA) is 26.3 Å². The van der Waals surface area contributed by atoms with Gasteiger partial charge >= 0.3 is 7.25 Å². The number of hydrogen-bond donors (Lipinski definition) is 0. The van der Waals surface area contributed by atoms with Crippen molar-refractivity contribution in [2.45, 2.75) is 6.42 Å². The van der Waals surface area contributed by atoms with E-state index >= 15 is 0 Å². The lowest BCUT2D eigenvalue weighted by Crippen LogP contribution is -2.35. The Hall–Kier alpha value is -1.57. The standard InChI is InChI=1S/C13H20NO2.BF4/c1-14(2,3)9-4-10-16-13-7-5-12(11-15)6-8-13;2-1(3,4)5/h5-8,11H,4,9-10H2,1-3H3;/q+1;-1. The van der Waals surface area contributed by atoms with E-state index in [4.69, 9.17) is 4.74 Å². The zero-order valence-electron chi connectivity index (χ0n) is 12.4. The van der Waals surface area contributed by atoms with Gasteiger partial charge in [0.05, 0.1) is 34.3 Å². The first-order chi connectivity index (χ1) is 9.51. The molecule has 8 heteroatoms. The fourth-order valence-electron chi connectivity index (χ4n) is 1.37. The molecule has 0 N–H and O–H groups in total. The van der Waals surface area contributed by atoms with Gasteiger partial charge in [-0.1, -0.05) is 0 Å². The van der Waals surface area contributed by atoms with Gasteiger partial charge in [0.2, 0.25) is 0 Å². The third-order valence-corrected chi connectivity index (χ3v) is 2.26. The average Bonchev–Trinajstić information content (AvgIpc) is 2.32. The number of quaternary nitrogens is 1. The summed E-state index contributed by atoms with van der Waals surface area (Å²) in [6.07, 6.45) is 1.86. The largest absolute Gasteiger partial charge is 0.673 e. The highest BCUT2D eigenvalue weighted by Crippen LogP contribution is 2.11. The molecule has 1 rings (SSSR count). The van der Waals surface area contributed by atoms with Gasteiger partial charge in [-0.2, -0.15) is 0 Å². The molecule has 0 amide bonds. The second-order valence-electron chi connectivity index (χ2n) is 5.40. The number of hydrogen-bond acceptors (Lipinski definition) is 2. The molecule has 1 aromatic carbocycles. The summed E-state index contributed by atoms with van der Waals surface area (Å²) in [5.74, 6) is 0.826. The molecule has 0 fully saturated rings. The lowest BCUT2D eigenvalue weighted by atomic mass is 10.2. The first kappa shape index (κ1) is 19.4. The van der Waals surface area contributed by atoms with Crippen molar-refractivity contribution < 1.29 is 31.3 Å². The zero-order valence-corrected chi connectivity index (χ0v) is 12.4. The first-order valence-corrected chi connectivity index (χ1v) is 6.37. The normalized spacial score (nSPS) is 11.4. The predicted octanol–water partition coefficient (Wildman–Crippen LogP) is 3.27. The van der Waals surface area contributed by atoms with Gasteiger partial charge in [0.1, 0.15) is 12.0 Å². The molecule has 0 unspecified atom stereocenters. The Morgan fingerprint density at radius 2 is 1.57 bits per heavy atom. The van der Waals surface area contributed by atoms with Crippen molar-refractivity contribution in [1.29, 1.82) is 0 Å². The SMILES string of the molecule is C[N+](C)(C)CCCOc1ccc(C=O)cc1.F[B-](F)(F)F. The van der Waals surface area contributed by atoms with Crippen molar-refractivity contribution in [3.8, 4) is 5.75 Å². The molecule has 0 aromatic heterocycles. The maximum Gasteiger partial charge on any atom is 0.673 e. The maximum atomic E-state index is 10.4. The number of halogens is 4. The van der Waals surface area contributed by atoms with Crippen LogP contribution in [-0.4, -0.2) is 52.3 Å². The summed E-state index contributed by atoms with van der Waals surface area (Å²) in [7, 11) is 0.497. The van der Waals surface area contributed by atoms with Gasteiger partial charge in [-0.25, -0.2) is 0 Å². The maximum absolute atomic E-state index is 10.4. The van der Waals surface area contributed by atoms with Crippen LogP contribution < -0.4 is 4.74 Å². The van der Waals surface area contributed by atoms with Crippen LogP contribution in [0.25, 0.3) is 0 Å². The van der Waals surface area contributed by atoms with Gasteiger partial charge in [0, 0.05) is 12.0 Å². The molecule has 1 aromatic rings. The zero-order chi connectivity index (χ0) is 16.5. The number of aldehydes is 1. The van der Waals surface area contributed by atoms with E-state index in [1.165, 1.54) is 0 Å². The summed E-state index contributed by atoms with van der Waals surface area (Å²) >= 11 is 0. The summed E-state index contributed by atoms with van der Waals surface area (Å²) in [6, 6.07) is 7.19. The first-order valence-electron chi connectivity index (χ1n) is 6.37. The Labute approximate surface area is 122 Å². The van der Waals surface area contributed by atoms with Crippen LogP contribution in [0, 0.1) is 0 Å². The van der Waals surface area contributed by atoms with Crippen LogP contribution in [0.5, 0.6) is 5.75 Å². The van der Waals surface area contributed by atoms with Gasteiger partial charge in [0.25, 0.3) is 0 Å².